The Balaban J connectivity index is 0.00000181. The molecular weight excluding hydrogens is 543 g/mol. The molecule has 2 aromatic carbocycles. The van der Waals surface area contributed by atoms with Crippen LogP contribution in [-0.4, -0.2) is 19.4 Å². The van der Waals surface area contributed by atoms with Gasteiger partial charge in [0.1, 0.15) is 0 Å². The van der Waals surface area contributed by atoms with Crippen molar-refractivity contribution in [1.29, 1.82) is 0 Å². The summed E-state index contributed by atoms with van der Waals surface area (Å²) in [6.45, 7) is 19.7. The zero-order chi connectivity index (χ0) is 21.8. The fraction of sp³-hybridized carbons (Fsp3) is 0.370. The summed E-state index contributed by atoms with van der Waals surface area (Å²) < 4.78 is 4.13. The third kappa shape index (κ3) is 5.18. The molecule has 2 aromatic rings. The number of hydrogen-bond donors (Lipinski definition) is 0. The molecule has 0 unspecified atom stereocenters. The first-order valence-corrected chi connectivity index (χ1v) is 22.2. The molecule has 0 fully saturated rings. The minimum atomic E-state index is -1.99. The van der Waals surface area contributed by atoms with Crippen molar-refractivity contribution in [1.82, 2.24) is 0 Å². The number of halogens is 2. The molecule has 5 heteroatoms. The van der Waals surface area contributed by atoms with Crippen LogP contribution in [-0.2, 0) is 21.3 Å². The van der Waals surface area contributed by atoms with Crippen molar-refractivity contribution in [3.63, 3.8) is 0 Å². The summed E-state index contributed by atoms with van der Waals surface area (Å²) in [5.41, 5.74) is 6.37. The molecule has 0 radical (unpaired) electrons. The Hall–Kier alpha value is -0.313. The minimum absolute atomic E-state index is 0. The van der Waals surface area contributed by atoms with Crippen LogP contribution in [0.25, 0.3) is 11.1 Å². The maximum atomic E-state index is 2.58. The largest absolute Gasteiger partial charge is 1.00 e. The van der Waals surface area contributed by atoms with E-state index in [2.05, 4.69) is 108 Å². The van der Waals surface area contributed by atoms with Crippen molar-refractivity contribution in [3.8, 4) is 11.1 Å². The van der Waals surface area contributed by atoms with E-state index in [1.807, 2.05) is 0 Å². The van der Waals surface area contributed by atoms with Gasteiger partial charge in [-0.3, -0.25) is 0 Å². The zero-order valence-electron chi connectivity index (χ0n) is 20.7. The summed E-state index contributed by atoms with van der Waals surface area (Å²) in [5, 5.41) is 3.19. The van der Waals surface area contributed by atoms with Crippen LogP contribution in [0.5, 0.6) is 0 Å². The van der Waals surface area contributed by atoms with E-state index in [9.17, 15) is 0 Å². The molecule has 4 rings (SSSR count). The van der Waals surface area contributed by atoms with E-state index >= 15 is 0 Å². The molecule has 0 nitrogen and oxygen atoms in total. The molecule has 0 spiro atoms. The molecule has 0 saturated carbocycles. The third-order valence-electron chi connectivity index (χ3n) is 6.70. The van der Waals surface area contributed by atoms with Gasteiger partial charge in [0.15, 0.2) is 0 Å². The van der Waals surface area contributed by atoms with Gasteiger partial charge in [0.25, 0.3) is 0 Å². The van der Waals surface area contributed by atoms with Gasteiger partial charge in [-0.2, -0.15) is 0 Å². The zero-order valence-corrected chi connectivity index (χ0v) is 26.7. The van der Waals surface area contributed by atoms with Crippen LogP contribution in [0.4, 0.5) is 0 Å². The van der Waals surface area contributed by atoms with Gasteiger partial charge in [-0.1, -0.05) is 0 Å². The van der Waals surface area contributed by atoms with Gasteiger partial charge in [0, 0.05) is 0 Å². The first-order valence-electron chi connectivity index (χ1n) is 11.3. The van der Waals surface area contributed by atoms with E-state index in [1.165, 1.54) is 6.42 Å². The summed E-state index contributed by atoms with van der Waals surface area (Å²) in [4.78, 5) is 0. The van der Waals surface area contributed by atoms with Gasteiger partial charge < -0.3 is 24.8 Å². The maximum absolute atomic E-state index is 2.58. The van der Waals surface area contributed by atoms with Crippen LogP contribution >= 0.6 is 0 Å². The molecule has 170 valence electrons. The van der Waals surface area contributed by atoms with Gasteiger partial charge in [0.05, 0.1) is 0 Å². The summed E-state index contributed by atoms with van der Waals surface area (Å²) in [5.74, 6) is 0. The first kappa shape index (κ1) is 27.9. The van der Waals surface area contributed by atoms with E-state index in [-0.39, 0.29) is 24.8 Å². The summed E-state index contributed by atoms with van der Waals surface area (Å²) in [6, 6.07) is 15.2. The van der Waals surface area contributed by atoms with Crippen LogP contribution in [0.1, 0.15) is 35.0 Å². The first-order chi connectivity index (χ1) is 14.0. The molecule has 32 heavy (non-hydrogen) atoms. The Morgan fingerprint density at radius 1 is 0.781 bits per heavy atom. The van der Waals surface area contributed by atoms with Gasteiger partial charge >= 0.3 is 194 Å². The van der Waals surface area contributed by atoms with Crippen molar-refractivity contribution in [2.75, 3.05) is 0 Å². The smallest absolute Gasteiger partial charge is 1.00 e. The maximum Gasteiger partial charge on any atom is -1.00 e. The predicted molar refractivity (Wildman–Crippen MR) is 138 cm³/mol. The minimum Gasteiger partial charge on any atom is -1.00 e. The summed E-state index contributed by atoms with van der Waals surface area (Å²) in [6.07, 6.45) is 8.28. The number of rotatable bonds is 4. The molecule has 2 aliphatic rings. The molecule has 0 bridgehead atoms. The second-order valence-corrected chi connectivity index (χ2v) is 28.9. The van der Waals surface area contributed by atoms with Crippen LogP contribution in [0.15, 0.2) is 57.9 Å². The summed E-state index contributed by atoms with van der Waals surface area (Å²) in [7, 11) is -2.69. The fourth-order valence-electron chi connectivity index (χ4n) is 4.94. The second kappa shape index (κ2) is 10.1. The van der Waals surface area contributed by atoms with Crippen molar-refractivity contribution >= 4 is 29.7 Å². The molecule has 2 aliphatic carbocycles. The Kier molecular flexibility index (Phi) is 8.84. The van der Waals surface area contributed by atoms with E-state index in [0.29, 0.717) is 3.63 Å². The third-order valence-corrected chi connectivity index (χ3v) is 19.0. The number of allylic oxidation sites excluding steroid dienone is 4. The van der Waals surface area contributed by atoms with Crippen LogP contribution in [0.2, 0.25) is 39.3 Å². The number of benzene rings is 2. The molecule has 0 heterocycles. The average Bonchev–Trinajstić information content (AvgIpc) is 3.27. The molecule has 0 aromatic heterocycles. The van der Waals surface area contributed by atoms with Crippen molar-refractivity contribution in [2.24, 2.45) is 0 Å². The Morgan fingerprint density at radius 2 is 1.25 bits per heavy atom. The normalized spacial score (nSPS) is 14.5. The molecule has 0 saturated heterocycles. The van der Waals surface area contributed by atoms with Crippen molar-refractivity contribution < 1.29 is 46.1 Å². The van der Waals surface area contributed by atoms with Gasteiger partial charge in [-0.15, -0.1) is 0 Å². The Labute approximate surface area is 217 Å². The van der Waals surface area contributed by atoms with E-state index in [1.54, 1.807) is 39.1 Å². The number of fused-ring (bicyclic) bond motifs is 3. The second-order valence-electron chi connectivity index (χ2n) is 11.3. The van der Waals surface area contributed by atoms with Crippen LogP contribution < -0.4 is 35.2 Å². The van der Waals surface area contributed by atoms with E-state index < -0.39 is 37.4 Å². The van der Waals surface area contributed by atoms with E-state index in [0.717, 1.165) is 0 Å². The predicted octanol–water partition coefficient (Wildman–Crippen LogP) is 0.529. The van der Waals surface area contributed by atoms with Gasteiger partial charge in [-0.25, -0.2) is 0 Å². The molecule has 0 amide bonds. The van der Waals surface area contributed by atoms with Crippen molar-refractivity contribution in [2.45, 2.75) is 63.2 Å². The quantitative estimate of drug-likeness (QED) is 0.465. The number of hydrogen-bond acceptors (Lipinski definition) is 0. The van der Waals surface area contributed by atoms with Gasteiger partial charge in [-0.05, 0) is 0 Å². The SMILES string of the molecule is C[C](C)=[Zr+2]([C]1=CC=CC1)[CH]1c2ccc([Si](C)(C)C)cc2-c2cc([Si](C)(C)C)ccc21.[Cl-].[Cl-]. The average molecular weight is 579 g/mol. The molecule has 0 N–H and O–H groups in total. The monoisotopic (exact) mass is 576 g/mol. The van der Waals surface area contributed by atoms with Gasteiger partial charge in [0.2, 0.25) is 0 Å². The molecular formula is C27H36Cl2Si2Zr. The van der Waals surface area contributed by atoms with E-state index in [4.69, 9.17) is 0 Å². The topological polar surface area (TPSA) is 0 Å². The standard InChI is InChI=1S/C19H25Si2.C5H5.C3H6.2ClH.Zr/c1-20(2,3)16-9-7-14-11-15-8-10-17(21(4,5)6)13-19(15)18(14)12-16;1-2-4-5-3-1;1-3-2;;;/h7-13H,1-6H3;1-3H,4H2;1-2H3;2*1H;/q;;;;;+2/p-2. The summed E-state index contributed by atoms with van der Waals surface area (Å²) >= 11 is -1.99. The Morgan fingerprint density at radius 3 is 1.59 bits per heavy atom. The Bertz CT molecular complexity index is 1050. The fourth-order valence-corrected chi connectivity index (χ4v) is 15.4. The molecule has 0 aliphatic heterocycles. The van der Waals surface area contributed by atoms with Crippen molar-refractivity contribution in [3.05, 3.63) is 69.0 Å². The van der Waals surface area contributed by atoms with Crippen LogP contribution in [0, 0.1) is 0 Å². The molecule has 0 atom stereocenters. The van der Waals surface area contributed by atoms with Crippen LogP contribution in [0.3, 0.4) is 0 Å².